The SMILES string of the molecule is CCOC(=O)c1c(-c2ccccc2)c(C(=O)c2ccc3ccccc3c2)n2c3cc(C)c(C)cc3n(Cc3ccccc3)c12. The maximum absolute atomic E-state index is 14.9. The van der Waals surface area contributed by atoms with Crippen molar-refractivity contribution in [1.29, 1.82) is 0 Å². The first-order valence-corrected chi connectivity index (χ1v) is 14.9. The summed E-state index contributed by atoms with van der Waals surface area (Å²) in [5, 5.41) is 2.04. The monoisotopic (exact) mass is 576 g/mol. The number of fused-ring (bicyclic) bond motifs is 4. The quantitative estimate of drug-likeness (QED) is 0.141. The van der Waals surface area contributed by atoms with Crippen LogP contribution >= 0.6 is 0 Å². The Balaban J connectivity index is 1.65. The molecule has 7 aromatic rings. The standard InChI is InChI=1S/C39H32N2O3/c1-4-44-39(43)35-34(29-16-9-6-10-17-29)36(37(42)31-20-19-28-15-11-12-18-30(28)23-31)41-33-22-26(3)25(2)21-32(33)40(38(35)41)24-27-13-7-5-8-14-27/h5-23H,4,24H2,1-3H3. The van der Waals surface area contributed by atoms with Gasteiger partial charge in [0.15, 0.2) is 0 Å². The van der Waals surface area contributed by atoms with Crippen LogP contribution in [0.25, 0.3) is 38.6 Å². The molecule has 5 aromatic carbocycles. The summed E-state index contributed by atoms with van der Waals surface area (Å²) in [6.07, 6.45) is 0. The number of ketones is 1. The number of aryl methyl sites for hydroxylation is 2. The van der Waals surface area contributed by atoms with Crippen LogP contribution in [-0.4, -0.2) is 27.3 Å². The molecule has 0 saturated carbocycles. The second kappa shape index (κ2) is 11.0. The lowest BCUT2D eigenvalue weighted by Gasteiger charge is -2.12. The summed E-state index contributed by atoms with van der Waals surface area (Å²) in [4.78, 5) is 28.9. The van der Waals surface area contributed by atoms with Crippen molar-refractivity contribution in [2.45, 2.75) is 27.3 Å². The predicted octanol–water partition coefficient (Wildman–Crippen LogP) is 8.79. The minimum atomic E-state index is -0.452. The molecule has 0 aliphatic rings. The molecular formula is C39H32N2O3. The van der Waals surface area contributed by atoms with Crippen LogP contribution < -0.4 is 0 Å². The van der Waals surface area contributed by atoms with Crippen LogP contribution in [0.2, 0.25) is 0 Å². The molecule has 0 N–H and O–H groups in total. The van der Waals surface area contributed by atoms with E-state index in [4.69, 9.17) is 4.74 Å². The van der Waals surface area contributed by atoms with Gasteiger partial charge in [0.05, 0.1) is 17.6 Å². The molecule has 0 spiro atoms. The van der Waals surface area contributed by atoms with Crippen molar-refractivity contribution in [3.05, 3.63) is 149 Å². The molecule has 2 aromatic heterocycles. The summed E-state index contributed by atoms with van der Waals surface area (Å²) in [5.41, 5.74) is 8.56. The molecule has 0 saturated heterocycles. The Morgan fingerprint density at radius 1 is 0.705 bits per heavy atom. The number of rotatable bonds is 7. The Hall–Kier alpha value is -5.42. The van der Waals surface area contributed by atoms with Gasteiger partial charge in [0.25, 0.3) is 0 Å². The number of carbonyl (C=O) groups is 2. The van der Waals surface area contributed by atoms with Crippen LogP contribution in [0.15, 0.2) is 115 Å². The van der Waals surface area contributed by atoms with E-state index >= 15 is 0 Å². The highest BCUT2D eigenvalue weighted by atomic mass is 16.5. The number of nitrogens with zero attached hydrogens (tertiary/aromatic N) is 2. The zero-order valence-corrected chi connectivity index (χ0v) is 25.0. The maximum atomic E-state index is 14.9. The highest BCUT2D eigenvalue weighted by Gasteiger charge is 2.34. The molecule has 7 rings (SSSR count). The number of ether oxygens (including phenoxy) is 1. The van der Waals surface area contributed by atoms with E-state index in [1.165, 1.54) is 0 Å². The number of carbonyl (C=O) groups excluding carboxylic acids is 2. The van der Waals surface area contributed by atoms with Crippen molar-refractivity contribution >= 4 is 39.2 Å². The summed E-state index contributed by atoms with van der Waals surface area (Å²) in [6, 6.07) is 38.0. The van der Waals surface area contributed by atoms with Gasteiger partial charge in [-0.25, -0.2) is 4.79 Å². The molecular weight excluding hydrogens is 544 g/mol. The number of hydrogen-bond acceptors (Lipinski definition) is 3. The van der Waals surface area contributed by atoms with Gasteiger partial charge in [0, 0.05) is 17.7 Å². The minimum absolute atomic E-state index is 0.155. The van der Waals surface area contributed by atoms with E-state index in [0.29, 0.717) is 34.6 Å². The number of esters is 1. The lowest BCUT2D eigenvalue weighted by atomic mass is 9.95. The van der Waals surface area contributed by atoms with Crippen LogP contribution in [-0.2, 0) is 11.3 Å². The number of imidazole rings is 1. The lowest BCUT2D eigenvalue weighted by molar-refractivity contribution is 0.0529. The van der Waals surface area contributed by atoms with Crippen molar-refractivity contribution in [2.75, 3.05) is 6.61 Å². The first kappa shape index (κ1) is 27.4. The molecule has 0 radical (unpaired) electrons. The molecule has 0 bridgehead atoms. The van der Waals surface area contributed by atoms with Gasteiger partial charge >= 0.3 is 5.97 Å². The molecule has 44 heavy (non-hydrogen) atoms. The molecule has 0 aliphatic carbocycles. The molecule has 0 unspecified atom stereocenters. The van der Waals surface area contributed by atoms with Crippen molar-refractivity contribution < 1.29 is 14.3 Å². The fraction of sp³-hybridized carbons (Fsp3) is 0.128. The van der Waals surface area contributed by atoms with Crippen molar-refractivity contribution in [2.24, 2.45) is 0 Å². The second-order valence-electron chi connectivity index (χ2n) is 11.2. The molecule has 0 atom stereocenters. The molecule has 216 valence electrons. The number of aromatic nitrogens is 2. The third kappa shape index (κ3) is 4.49. The van der Waals surface area contributed by atoms with Crippen LogP contribution in [0.5, 0.6) is 0 Å². The zero-order valence-electron chi connectivity index (χ0n) is 25.0. The van der Waals surface area contributed by atoms with Crippen LogP contribution in [0.1, 0.15) is 50.0 Å². The third-order valence-electron chi connectivity index (χ3n) is 8.48. The highest BCUT2D eigenvalue weighted by Crippen LogP contribution is 2.40. The summed E-state index contributed by atoms with van der Waals surface area (Å²) in [6.45, 7) is 6.71. The van der Waals surface area contributed by atoms with Gasteiger partial charge in [0.2, 0.25) is 5.78 Å². The molecule has 0 fully saturated rings. The van der Waals surface area contributed by atoms with E-state index in [-0.39, 0.29) is 12.4 Å². The van der Waals surface area contributed by atoms with E-state index in [1.807, 2.05) is 95.4 Å². The molecule has 5 heteroatoms. The van der Waals surface area contributed by atoms with E-state index < -0.39 is 5.97 Å². The van der Waals surface area contributed by atoms with Gasteiger partial charge in [-0.2, -0.15) is 0 Å². The predicted molar refractivity (Wildman–Crippen MR) is 177 cm³/mol. The van der Waals surface area contributed by atoms with Gasteiger partial charge in [-0.1, -0.05) is 97.1 Å². The molecule has 5 nitrogen and oxygen atoms in total. The van der Waals surface area contributed by atoms with Gasteiger partial charge in [-0.3, -0.25) is 9.20 Å². The Labute approximate surface area is 255 Å². The molecule has 0 amide bonds. The summed E-state index contributed by atoms with van der Waals surface area (Å²) in [7, 11) is 0. The Morgan fingerprint density at radius 2 is 1.34 bits per heavy atom. The van der Waals surface area contributed by atoms with E-state index in [1.54, 1.807) is 6.92 Å². The number of benzene rings is 5. The van der Waals surface area contributed by atoms with Gasteiger partial charge in [0.1, 0.15) is 16.9 Å². The van der Waals surface area contributed by atoms with Gasteiger partial charge < -0.3 is 9.30 Å². The van der Waals surface area contributed by atoms with E-state index in [9.17, 15) is 9.59 Å². The Bertz CT molecular complexity index is 2210. The molecule has 2 heterocycles. The smallest absolute Gasteiger partial charge is 0.342 e. The second-order valence-corrected chi connectivity index (χ2v) is 11.2. The topological polar surface area (TPSA) is 52.7 Å². The lowest BCUT2D eigenvalue weighted by Crippen LogP contribution is -2.10. The van der Waals surface area contributed by atoms with Crippen molar-refractivity contribution in [3.63, 3.8) is 0 Å². The van der Waals surface area contributed by atoms with Crippen molar-refractivity contribution in [3.8, 4) is 11.1 Å². The average molecular weight is 577 g/mol. The number of hydrogen-bond donors (Lipinski definition) is 0. The fourth-order valence-electron chi connectivity index (χ4n) is 6.24. The summed E-state index contributed by atoms with van der Waals surface area (Å²) >= 11 is 0. The average Bonchev–Trinajstić information content (AvgIpc) is 3.54. The first-order chi connectivity index (χ1) is 21.5. The Kier molecular flexibility index (Phi) is 6.86. The van der Waals surface area contributed by atoms with Crippen LogP contribution in [0.3, 0.4) is 0 Å². The third-order valence-corrected chi connectivity index (χ3v) is 8.48. The summed E-state index contributed by atoms with van der Waals surface area (Å²) < 4.78 is 9.88. The minimum Gasteiger partial charge on any atom is -0.462 e. The zero-order chi connectivity index (χ0) is 30.4. The molecule has 0 aliphatic heterocycles. The largest absolute Gasteiger partial charge is 0.462 e. The fourth-order valence-corrected chi connectivity index (χ4v) is 6.24. The van der Waals surface area contributed by atoms with Crippen LogP contribution in [0, 0.1) is 13.8 Å². The Morgan fingerprint density at radius 3 is 2.05 bits per heavy atom. The van der Waals surface area contributed by atoms with Gasteiger partial charge in [-0.15, -0.1) is 0 Å². The maximum Gasteiger partial charge on any atom is 0.342 e. The van der Waals surface area contributed by atoms with E-state index in [2.05, 4.69) is 42.7 Å². The highest BCUT2D eigenvalue weighted by molar-refractivity contribution is 6.19. The van der Waals surface area contributed by atoms with E-state index in [0.717, 1.165) is 44.1 Å². The van der Waals surface area contributed by atoms with Crippen molar-refractivity contribution in [1.82, 2.24) is 8.97 Å². The first-order valence-electron chi connectivity index (χ1n) is 14.9. The van der Waals surface area contributed by atoms with Crippen LogP contribution in [0.4, 0.5) is 0 Å². The summed E-state index contributed by atoms with van der Waals surface area (Å²) in [5.74, 6) is -0.607. The normalized spacial score (nSPS) is 11.4. The van der Waals surface area contributed by atoms with Gasteiger partial charge in [-0.05, 0) is 72.0 Å².